The van der Waals surface area contributed by atoms with Crippen LogP contribution in [-0.4, -0.2) is 54.3 Å². The zero-order chi connectivity index (χ0) is 18.1. The van der Waals surface area contributed by atoms with E-state index >= 15 is 0 Å². The lowest BCUT2D eigenvalue weighted by atomic mass is 10.0. The van der Waals surface area contributed by atoms with Crippen molar-refractivity contribution in [1.82, 2.24) is 20.3 Å². The van der Waals surface area contributed by atoms with Gasteiger partial charge in [-0.3, -0.25) is 4.79 Å². The van der Waals surface area contributed by atoms with Gasteiger partial charge in [0.25, 0.3) is 0 Å². The lowest BCUT2D eigenvalue weighted by molar-refractivity contribution is -0.831. The average molecular weight is 388 g/mol. The first-order valence-electron chi connectivity index (χ1n) is 8.20. The third kappa shape index (κ3) is 2.85. The number of aromatic nitrogens is 3. The fourth-order valence-corrected chi connectivity index (χ4v) is 5.28. The maximum Gasteiger partial charge on any atom is 0.349 e. The van der Waals surface area contributed by atoms with E-state index in [0.717, 1.165) is 11.3 Å². The zero-order valence-corrected chi connectivity index (χ0v) is 15.6. The molecule has 2 aliphatic rings. The van der Waals surface area contributed by atoms with Crippen molar-refractivity contribution in [2.24, 2.45) is 0 Å². The first kappa shape index (κ1) is 17.3. The molecule has 3 heterocycles. The number of rotatable bonds is 5. The van der Waals surface area contributed by atoms with Gasteiger partial charge in [-0.2, -0.15) is 0 Å². The van der Waals surface area contributed by atoms with Crippen LogP contribution in [0.4, 0.5) is 0 Å². The molecule has 1 saturated heterocycles. The highest BCUT2D eigenvalue weighted by Gasteiger charge is 2.65. The number of thiol groups is 1. The number of nitrogens with zero attached hydrogens (tertiary/aromatic N) is 4. The van der Waals surface area contributed by atoms with E-state index in [0.29, 0.717) is 11.6 Å². The van der Waals surface area contributed by atoms with Crippen LogP contribution in [0, 0.1) is 0 Å². The maximum atomic E-state index is 12.9. The Bertz CT molecular complexity index is 855. The van der Waals surface area contributed by atoms with Crippen LogP contribution >= 0.6 is 24.4 Å². The number of benzene rings is 1. The molecule has 9 heteroatoms. The van der Waals surface area contributed by atoms with Crippen LogP contribution < -0.4 is 5.32 Å². The summed E-state index contributed by atoms with van der Waals surface area (Å²) in [4.78, 5) is 25.2. The molecular formula is C17H18N5O2S2+. The average Bonchev–Trinajstić information content (AvgIpc) is 3.20. The van der Waals surface area contributed by atoms with Gasteiger partial charge in [0.05, 0.1) is 18.8 Å². The van der Waals surface area contributed by atoms with Gasteiger partial charge < -0.3 is 5.32 Å². The lowest BCUT2D eigenvalue weighted by Crippen LogP contribution is -2.78. The first-order chi connectivity index (χ1) is 12.6. The van der Waals surface area contributed by atoms with E-state index in [2.05, 4.69) is 28.3 Å². The lowest BCUT2D eigenvalue weighted by Gasteiger charge is -2.52. The van der Waals surface area contributed by atoms with Crippen molar-refractivity contribution in [2.45, 2.75) is 17.8 Å². The number of hydrogen-bond donors (Lipinski definition) is 2. The highest BCUT2D eigenvalue weighted by molar-refractivity contribution is 8.00. The fraction of sp³-hybridized carbons (Fsp3) is 0.294. The highest BCUT2D eigenvalue weighted by atomic mass is 32.2. The van der Waals surface area contributed by atoms with Crippen LogP contribution in [-0.2, 0) is 16.0 Å². The van der Waals surface area contributed by atoms with Gasteiger partial charge in [-0.05, 0) is 5.56 Å². The summed E-state index contributed by atoms with van der Waals surface area (Å²) in [5, 5.41) is 10.7. The number of hydrogen-bond acceptors (Lipinski definition) is 6. The maximum absolute atomic E-state index is 12.9. The molecule has 2 aliphatic heterocycles. The van der Waals surface area contributed by atoms with Crippen LogP contribution in [0.3, 0.4) is 0 Å². The molecule has 2 amide bonds. The van der Waals surface area contributed by atoms with Crippen LogP contribution in [0.25, 0.3) is 5.70 Å². The van der Waals surface area contributed by atoms with Crippen molar-refractivity contribution in [2.75, 3.05) is 11.6 Å². The minimum atomic E-state index is -0.489. The number of nitrogens with one attached hydrogen (secondary N) is 1. The summed E-state index contributed by atoms with van der Waals surface area (Å²) in [6.45, 7) is 0. The van der Waals surface area contributed by atoms with Crippen LogP contribution in [0.1, 0.15) is 5.56 Å². The minimum Gasteiger partial charge on any atom is -0.335 e. The van der Waals surface area contributed by atoms with Crippen molar-refractivity contribution in [3.05, 3.63) is 54.5 Å². The van der Waals surface area contributed by atoms with Crippen LogP contribution in [0.5, 0.6) is 0 Å². The van der Waals surface area contributed by atoms with Crippen molar-refractivity contribution < 1.29 is 14.1 Å². The zero-order valence-electron chi connectivity index (χ0n) is 13.9. The number of thioether (sulfide) groups is 1. The molecule has 7 nitrogen and oxygen atoms in total. The van der Waals surface area contributed by atoms with Gasteiger partial charge in [-0.15, -0.1) is 17.7 Å². The molecule has 1 N–H and O–H groups in total. The molecule has 1 fully saturated rings. The normalized spacial score (nSPS) is 27.3. The third-order valence-corrected chi connectivity index (χ3v) is 6.59. The Balaban J connectivity index is 1.48. The summed E-state index contributed by atoms with van der Waals surface area (Å²) in [7, 11) is 0. The molecule has 3 atom stereocenters. The molecule has 4 rings (SSSR count). The quantitative estimate of drug-likeness (QED) is 0.456. The Morgan fingerprint density at radius 2 is 2.19 bits per heavy atom. The molecule has 1 aromatic carbocycles. The molecule has 0 bridgehead atoms. The second-order valence-corrected chi connectivity index (χ2v) is 7.68. The summed E-state index contributed by atoms with van der Waals surface area (Å²) in [5.74, 6) is 0.856. The van der Waals surface area contributed by atoms with Crippen molar-refractivity contribution in [1.29, 1.82) is 0 Å². The largest absolute Gasteiger partial charge is 0.349 e. The molecule has 0 aliphatic carbocycles. The second kappa shape index (κ2) is 6.90. The monoisotopic (exact) mass is 388 g/mol. The highest BCUT2D eigenvalue weighted by Crippen LogP contribution is 2.44. The van der Waals surface area contributed by atoms with E-state index in [1.54, 1.807) is 28.8 Å². The summed E-state index contributed by atoms with van der Waals surface area (Å²) in [6, 6.07) is 9.02. The number of quaternary nitrogens is 1. The van der Waals surface area contributed by atoms with Gasteiger partial charge in [-0.25, -0.2) is 14.0 Å². The topological polar surface area (TPSA) is 76.9 Å². The fourth-order valence-electron chi connectivity index (χ4n) is 3.35. The Kier molecular flexibility index (Phi) is 4.60. The SMILES string of the molecule is O=C(Cc1ccccc1)NC1C(=O)[N+]2(CS)C=C(n3ccnn3)CS[C@@H]12. The van der Waals surface area contributed by atoms with Crippen molar-refractivity contribution >= 4 is 41.9 Å². The van der Waals surface area contributed by atoms with Gasteiger partial charge >= 0.3 is 5.91 Å². The van der Waals surface area contributed by atoms with Gasteiger partial charge in [0, 0.05) is 5.75 Å². The molecule has 2 unspecified atom stereocenters. The van der Waals surface area contributed by atoms with Gasteiger partial charge in [0.15, 0.2) is 5.37 Å². The number of amides is 2. The second-order valence-electron chi connectivity index (χ2n) is 6.29. The van der Waals surface area contributed by atoms with E-state index in [1.165, 1.54) is 0 Å². The number of β-lactam (4-membered cyclic amide) rings is 1. The molecule has 26 heavy (non-hydrogen) atoms. The standard InChI is InChI=1S/C17H17N5O2S2/c23-14(8-12-4-2-1-3-5-12)19-15-16(24)22(11-25)9-13(10-26-17(15)22)21-7-6-18-20-21/h1-7,9,15,17H,8,10-11H2,(H-,19,23,25)/p+1/t15?,17-,22?/m0/s1. The van der Waals surface area contributed by atoms with E-state index in [-0.39, 0.29) is 28.1 Å². The predicted octanol–water partition coefficient (Wildman–Crippen LogP) is 1.12. The summed E-state index contributed by atoms with van der Waals surface area (Å²) in [6.07, 6.45) is 5.52. The number of carbonyl (C=O) groups excluding carboxylic acids is 2. The van der Waals surface area contributed by atoms with Gasteiger partial charge in [0.1, 0.15) is 17.8 Å². The molecule has 0 saturated carbocycles. The van der Waals surface area contributed by atoms with E-state index in [4.69, 9.17) is 0 Å². The number of carbonyl (C=O) groups is 2. The Morgan fingerprint density at radius 3 is 2.88 bits per heavy atom. The molecule has 2 aromatic rings. The third-order valence-electron chi connectivity index (χ3n) is 4.67. The van der Waals surface area contributed by atoms with E-state index in [9.17, 15) is 9.59 Å². The molecule has 0 radical (unpaired) electrons. The van der Waals surface area contributed by atoms with Gasteiger partial charge in [-0.1, -0.05) is 47.3 Å². The summed E-state index contributed by atoms with van der Waals surface area (Å²) < 4.78 is 1.78. The molecule has 1 aromatic heterocycles. The van der Waals surface area contributed by atoms with Crippen LogP contribution in [0.2, 0.25) is 0 Å². The van der Waals surface area contributed by atoms with E-state index in [1.807, 2.05) is 36.5 Å². The smallest absolute Gasteiger partial charge is 0.335 e. The molecule has 0 spiro atoms. The minimum absolute atomic E-state index is 0.0452. The summed E-state index contributed by atoms with van der Waals surface area (Å²) >= 11 is 6.04. The van der Waals surface area contributed by atoms with E-state index < -0.39 is 6.04 Å². The Morgan fingerprint density at radius 1 is 1.38 bits per heavy atom. The Labute approximate surface area is 160 Å². The molecular weight excluding hydrogens is 370 g/mol. The Hall–Kier alpha value is -2.10. The van der Waals surface area contributed by atoms with Gasteiger partial charge in [0.2, 0.25) is 11.9 Å². The summed E-state index contributed by atoms with van der Waals surface area (Å²) in [5.41, 5.74) is 1.83. The van der Waals surface area contributed by atoms with Crippen LogP contribution in [0.15, 0.2) is 48.9 Å². The van der Waals surface area contributed by atoms with Crippen molar-refractivity contribution in [3.63, 3.8) is 0 Å². The molecule has 134 valence electrons. The number of fused-ring (bicyclic) bond motifs is 1. The first-order valence-corrected chi connectivity index (χ1v) is 9.88. The van der Waals surface area contributed by atoms with Crippen molar-refractivity contribution in [3.8, 4) is 0 Å². The predicted molar refractivity (Wildman–Crippen MR) is 102 cm³/mol.